The first-order valence-electron chi connectivity index (χ1n) is 6.10. The molecule has 0 aromatic carbocycles. The zero-order valence-corrected chi connectivity index (χ0v) is 11.1. The van der Waals surface area contributed by atoms with Gasteiger partial charge in [-0.2, -0.15) is 0 Å². The van der Waals surface area contributed by atoms with Gasteiger partial charge in [0.25, 0.3) is 0 Å². The number of nitrogens with zero attached hydrogens (tertiary/aromatic N) is 2. The Kier molecular flexibility index (Phi) is 3.81. The van der Waals surface area contributed by atoms with Crippen LogP contribution in [0.15, 0.2) is 6.20 Å². The predicted molar refractivity (Wildman–Crippen MR) is 68.5 cm³/mol. The van der Waals surface area contributed by atoms with Crippen molar-refractivity contribution in [2.45, 2.75) is 20.4 Å². The lowest BCUT2D eigenvalue weighted by atomic mass is 10.1. The molecule has 0 aliphatic carbocycles. The molecule has 98 valence electrons. The minimum atomic E-state index is 0.0815. The molecule has 1 N–H and O–H groups in total. The van der Waals surface area contributed by atoms with Gasteiger partial charge in [-0.1, -0.05) is 0 Å². The van der Waals surface area contributed by atoms with Crippen molar-refractivity contribution >= 4 is 5.91 Å². The van der Waals surface area contributed by atoms with E-state index in [2.05, 4.69) is 15.2 Å². The summed E-state index contributed by atoms with van der Waals surface area (Å²) >= 11 is 0. The number of aryl methyl sites for hydroxylation is 1. The number of ether oxygens (including phenoxy) is 1. The number of aromatic nitrogens is 1. The monoisotopic (exact) mass is 249 g/mol. The number of amides is 1. The van der Waals surface area contributed by atoms with Crippen LogP contribution in [-0.4, -0.2) is 42.5 Å². The van der Waals surface area contributed by atoms with Crippen LogP contribution in [-0.2, 0) is 11.3 Å². The minimum Gasteiger partial charge on any atom is -0.496 e. The Morgan fingerprint density at radius 1 is 1.50 bits per heavy atom. The van der Waals surface area contributed by atoms with Crippen molar-refractivity contribution in [3.63, 3.8) is 0 Å². The molecule has 2 rings (SSSR count). The van der Waals surface area contributed by atoms with E-state index in [9.17, 15) is 4.79 Å². The van der Waals surface area contributed by atoms with Crippen LogP contribution < -0.4 is 10.1 Å². The summed E-state index contributed by atoms with van der Waals surface area (Å²) in [6.45, 7) is 6.70. The molecular formula is C13H19N3O2. The number of carbonyl (C=O) groups excluding carboxylic acids is 1. The Labute approximate surface area is 107 Å². The highest BCUT2D eigenvalue weighted by atomic mass is 16.5. The summed E-state index contributed by atoms with van der Waals surface area (Å²) in [4.78, 5) is 17.9. The number of nitrogens with one attached hydrogen (secondary N) is 1. The number of rotatable bonds is 3. The number of methoxy groups -OCH3 is 1. The second-order valence-electron chi connectivity index (χ2n) is 4.61. The van der Waals surface area contributed by atoms with Gasteiger partial charge in [-0.05, 0) is 13.8 Å². The first kappa shape index (κ1) is 12.8. The van der Waals surface area contributed by atoms with E-state index >= 15 is 0 Å². The number of pyridine rings is 1. The topological polar surface area (TPSA) is 54.5 Å². The molecule has 0 spiro atoms. The Bertz CT molecular complexity index is 460. The van der Waals surface area contributed by atoms with E-state index in [4.69, 9.17) is 4.74 Å². The Balaban J connectivity index is 2.16. The van der Waals surface area contributed by atoms with Gasteiger partial charge < -0.3 is 10.1 Å². The van der Waals surface area contributed by atoms with Crippen LogP contribution in [0, 0.1) is 13.8 Å². The highest BCUT2D eigenvalue weighted by molar-refractivity contribution is 5.78. The van der Waals surface area contributed by atoms with Crippen LogP contribution in [0.5, 0.6) is 5.75 Å². The van der Waals surface area contributed by atoms with E-state index in [0.29, 0.717) is 19.6 Å². The zero-order valence-electron chi connectivity index (χ0n) is 11.1. The predicted octanol–water partition coefficient (Wildman–Crippen LogP) is 0.639. The van der Waals surface area contributed by atoms with Gasteiger partial charge in [-0.3, -0.25) is 14.7 Å². The van der Waals surface area contributed by atoms with Gasteiger partial charge >= 0.3 is 0 Å². The molecule has 1 aromatic heterocycles. The molecule has 1 aliphatic heterocycles. The van der Waals surface area contributed by atoms with Crippen LogP contribution in [0.25, 0.3) is 0 Å². The van der Waals surface area contributed by atoms with Gasteiger partial charge in [0, 0.05) is 37.0 Å². The van der Waals surface area contributed by atoms with Crippen molar-refractivity contribution in [1.82, 2.24) is 15.2 Å². The molecule has 5 heteroatoms. The van der Waals surface area contributed by atoms with Crippen LogP contribution in [0.1, 0.15) is 16.8 Å². The van der Waals surface area contributed by atoms with Crippen molar-refractivity contribution in [2.24, 2.45) is 0 Å². The van der Waals surface area contributed by atoms with Crippen molar-refractivity contribution < 1.29 is 9.53 Å². The van der Waals surface area contributed by atoms with E-state index in [0.717, 1.165) is 29.1 Å². The van der Waals surface area contributed by atoms with Gasteiger partial charge in [0.2, 0.25) is 5.91 Å². The Morgan fingerprint density at radius 3 is 2.94 bits per heavy atom. The molecular weight excluding hydrogens is 230 g/mol. The van der Waals surface area contributed by atoms with E-state index in [1.807, 2.05) is 20.0 Å². The summed E-state index contributed by atoms with van der Waals surface area (Å²) in [5.74, 6) is 0.972. The first-order chi connectivity index (χ1) is 8.61. The maximum Gasteiger partial charge on any atom is 0.234 e. The molecule has 5 nitrogen and oxygen atoms in total. The van der Waals surface area contributed by atoms with Gasteiger partial charge in [-0.15, -0.1) is 0 Å². The molecule has 1 amide bonds. The number of hydrogen-bond acceptors (Lipinski definition) is 4. The maximum atomic E-state index is 11.3. The van der Waals surface area contributed by atoms with Crippen molar-refractivity contribution in [2.75, 3.05) is 26.7 Å². The minimum absolute atomic E-state index is 0.0815. The van der Waals surface area contributed by atoms with Gasteiger partial charge in [-0.25, -0.2) is 0 Å². The maximum absolute atomic E-state index is 11.3. The molecule has 18 heavy (non-hydrogen) atoms. The quantitative estimate of drug-likeness (QED) is 0.854. The van der Waals surface area contributed by atoms with Crippen LogP contribution in [0.4, 0.5) is 0 Å². The molecule has 0 atom stereocenters. The summed E-state index contributed by atoms with van der Waals surface area (Å²) in [7, 11) is 1.67. The summed E-state index contributed by atoms with van der Waals surface area (Å²) in [6, 6.07) is 0. The molecule has 2 heterocycles. The van der Waals surface area contributed by atoms with E-state index in [1.54, 1.807) is 7.11 Å². The summed E-state index contributed by atoms with van der Waals surface area (Å²) in [6.07, 6.45) is 1.82. The number of piperazine rings is 1. The van der Waals surface area contributed by atoms with E-state index in [1.165, 1.54) is 0 Å². The van der Waals surface area contributed by atoms with Gasteiger partial charge in [0.05, 0.1) is 19.3 Å². The fourth-order valence-corrected chi connectivity index (χ4v) is 2.27. The van der Waals surface area contributed by atoms with Crippen LogP contribution in [0.3, 0.4) is 0 Å². The number of carbonyl (C=O) groups is 1. The molecule has 0 radical (unpaired) electrons. The second-order valence-corrected chi connectivity index (χ2v) is 4.61. The third-order valence-electron chi connectivity index (χ3n) is 3.24. The normalized spacial score (nSPS) is 16.5. The van der Waals surface area contributed by atoms with Crippen LogP contribution in [0.2, 0.25) is 0 Å². The largest absolute Gasteiger partial charge is 0.496 e. The van der Waals surface area contributed by atoms with Crippen LogP contribution >= 0.6 is 0 Å². The summed E-state index contributed by atoms with van der Waals surface area (Å²) in [5.41, 5.74) is 3.07. The standard InChI is InChI=1S/C13H19N3O2/c1-9-6-15-11(10(2)13(9)18-3)7-16-5-4-14-12(17)8-16/h6H,4-5,7-8H2,1-3H3,(H,14,17). The van der Waals surface area contributed by atoms with Gasteiger partial charge in [0.1, 0.15) is 5.75 Å². The third kappa shape index (κ3) is 2.61. The zero-order chi connectivity index (χ0) is 13.1. The van der Waals surface area contributed by atoms with E-state index in [-0.39, 0.29) is 5.91 Å². The van der Waals surface area contributed by atoms with Gasteiger partial charge in [0.15, 0.2) is 0 Å². The highest BCUT2D eigenvalue weighted by Crippen LogP contribution is 2.24. The lowest BCUT2D eigenvalue weighted by Gasteiger charge is -2.26. The average Bonchev–Trinajstić information content (AvgIpc) is 2.34. The van der Waals surface area contributed by atoms with Crippen molar-refractivity contribution in [3.05, 3.63) is 23.0 Å². The lowest BCUT2D eigenvalue weighted by Crippen LogP contribution is -2.47. The smallest absolute Gasteiger partial charge is 0.234 e. The second kappa shape index (κ2) is 5.35. The Morgan fingerprint density at radius 2 is 2.28 bits per heavy atom. The molecule has 1 aromatic rings. The summed E-state index contributed by atoms with van der Waals surface area (Å²) < 4.78 is 5.39. The van der Waals surface area contributed by atoms with Crippen molar-refractivity contribution in [3.8, 4) is 5.75 Å². The molecule has 1 aliphatic rings. The fraction of sp³-hybridized carbons (Fsp3) is 0.538. The molecule has 0 bridgehead atoms. The van der Waals surface area contributed by atoms with E-state index < -0.39 is 0 Å². The number of hydrogen-bond donors (Lipinski definition) is 1. The molecule has 0 saturated carbocycles. The SMILES string of the molecule is COc1c(C)cnc(CN2CCNC(=O)C2)c1C. The third-order valence-corrected chi connectivity index (χ3v) is 3.24. The van der Waals surface area contributed by atoms with Crippen molar-refractivity contribution in [1.29, 1.82) is 0 Å². The molecule has 1 saturated heterocycles. The first-order valence-corrected chi connectivity index (χ1v) is 6.10. The average molecular weight is 249 g/mol. The molecule has 1 fully saturated rings. The molecule has 0 unspecified atom stereocenters. The fourth-order valence-electron chi connectivity index (χ4n) is 2.27. The summed E-state index contributed by atoms with van der Waals surface area (Å²) in [5, 5.41) is 2.82. The highest BCUT2D eigenvalue weighted by Gasteiger charge is 2.18. The lowest BCUT2D eigenvalue weighted by molar-refractivity contribution is -0.124. The Hall–Kier alpha value is -1.62.